The second-order valence-electron chi connectivity index (χ2n) is 2.01. The van der Waals surface area contributed by atoms with Crippen LogP contribution in [0.5, 0.6) is 0 Å². The molecule has 0 amide bonds. The number of aliphatic carboxylic acids is 1. The zero-order valence-electron chi connectivity index (χ0n) is 5.69. The van der Waals surface area contributed by atoms with E-state index in [2.05, 4.69) is 9.97 Å². The molecule has 3 N–H and O–H groups in total. The normalized spacial score (nSPS) is 9.45. The highest BCUT2D eigenvalue weighted by Gasteiger charge is 2.01. The summed E-state index contributed by atoms with van der Waals surface area (Å²) in [4.78, 5) is 17.6. The van der Waals surface area contributed by atoms with Gasteiger partial charge < -0.3 is 10.8 Å². The van der Waals surface area contributed by atoms with Crippen LogP contribution in [0.2, 0.25) is 0 Å². The summed E-state index contributed by atoms with van der Waals surface area (Å²) in [6.45, 7) is 0. The number of aromatic nitrogens is 2. The first-order chi connectivity index (χ1) is 5.18. The molecule has 1 aromatic rings. The fraction of sp³-hybridized carbons (Fsp3) is 0.167. The van der Waals surface area contributed by atoms with E-state index < -0.39 is 5.97 Å². The van der Waals surface area contributed by atoms with Gasteiger partial charge in [-0.05, 0) is 0 Å². The maximum atomic E-state index is 10.2. The lowest BCUT2D eigenvalue weighted by molar-refractivity contribution is -0.136. The van der Waals surface area contributed by atoms with Crippen molar-refractivity contribution in [3.05, 3.63) is 18.1 Å². The first kappa shape index (κ1) is 7.46. The van der Waals surface area contributed by atoms with E-state index in [4.69, 9.17) is 10.8 Å². The van der Waals surface area contributed by atoms with E-state index in [-0.39, 0.29) is 12.2 Å². The van der Waals surface area contributed by atoms with Gasteiger partial charge in [-0.2, -0.15) is 0 Å². The van der Waals surface area contributed by atoms with E-state index in [1.807, 2.05) is 0 Å². The molecule has 5 heteroatoms. The third kappa shape index (κ3) is 2.21. The summed E-state index contributed by atoms with van der Waals surface area (Å²) in [5.74, 6) is -0.700. The number of nitrogen functional groups attached to an aromatic ring is 1. The zero-order valence-corrected chi connectivity index (χ0v) is 5.69. The zero-order chi connectivity index (χ0) is 8.27. The number of anilines is 1. The Morgan fingerprint density at radius 1 is 1.64 bits per heavy atom. The maximum Gasteiger partial charge on any atom is 0.309 e. The third-order valence-electron chi connectivity index (χ3n) is 1.04. The number of carboxylic acids is 1. The predicted molar refractivity (Wildman–Crippen MR) is 37.8 cm³/mol. The molecule has 1 aromatic heterocycles. The van der Waals surface area contributed by atoms with Gasteiger partial charge in [-0.25, -0.2) is 4.98 Å². The van der Waals surface area contributed by atoms with E-state index >= 15 is 0 Å². The summed E-state index contributed by atoms with van der Waals surface area (Å²) in [5, 5.41) is 8.35. The Morgan fingerprint density at radius 3 is 2.91 bits per heavy atom. The quantitative estimate of drug-likeness (QED) is 0.608. The molecule has 0 unspecified atom stereocenters. The Labute approximate surface area is 62.9 Å². The number of carbonyl (C=O) groups is 1. The predicted octanol–water partition coefficient (Wildman–Crippen LogP) is -0.314. The van der Waals surface area contributed by atoms with Gasteiger partial charge in [0.25, 0.3) is 0 Å². The van der Waals surface area contributed by atoms with Crippen molar-refractivity contribution >= 4 is 11.8 Å². The molecule has 0 atom stereocenters. The summed E-state index contributed by atoms with van der Waals surface area (Å²) in [5.41, 5.74) is 5.64. The summed E-state index contributed by atoms with van der Waals surface area (Å²) < 4.78 is 0. The second kappa shape index (κ2) is 2.96. The van der Waals surface area contributed by atoms with Crippen molar-refractivity contribution in [2.24, 2.45) is 0 Å². The number of nitrogens with zero attached hydrogens (tertiary/aromatic N) is 2. The average molecular weight is 153 g/mol. The SMILES string of the molecule is Nc1cncc(CC(=O)O)n1. The number of rotatable bonds is 2. The van der Waals surface area contributed by atoms with Crippen molar-refractivity contribution in [1.29, 1.82) is 0 Å². The minimum atomic E-state index is -0.940. The highest BCUT2D eigenvalue weighted by Crippen LogP contribution is 1.97. The molecule has 1 heterocycles. The van der Waals surface area contributed by atoms with Crippen molar-refractivity contribution in [2.75, 3.05) is 5.73 Å². The smallest absolute Gasteiger partial charge is 0.309 e. The molecular formula is C6H7N3O2. The van der Waals surface area contributed by atoms with Crippen molar-refractivity contribution < 1.29 is 9.90 Å². The first-order valence-corrected chi connectivity index (χ1v) is 2.96. The maximum absolute atomic E-state index is 10.2. The van der Waals surface area contributed by atoms with E-state index in [0.717, 1.165) is 0 Å². The molecule has 0 aliphatic carbocycles. The lowest BCUT2D eigenvalue weighted by atomic mass is 10.3. The van der Waals surface area contributed by atoms with Crippen LogP contribution in [-0.2, 0) is 11.2 Å². The van der Waals surface area contributed by atoms with Crippen molar-refractivity contribution in [3.8, 4) is 0 Å². The minimum absolute atomic E-state index is 0.141. The molecule has 11 heavy (non-hydrogen) atoms. The van der Waals surface area contributed by atoms with Crippen LogP contribution in [0.3, 0.4) is 0 Å². The molecule has 1 rings (SSSR count). The van der Waals surface area contributed by atoms with Gasteiger partial charge in [0.05, 0.1) is 18.3 Å². The van der Waals surface area contributed by atoms with Gasteiger partial charge in [0.2, 0.25) is 0 Å². The monoisotopic (exact) mass is 153 g/mol. The van der Waals surface area contributed by atoms with Crippen LogP contribution in [-0.4, -0.2) is 21.0 Å². The summed E-state index contributed by atoms with van der Waals surface area (Å²) in [6.07, 6.45) is 2.61. The Hall–Kier alpha value is -1.65. The Balaban J connectivity index is 2.79. The largest absolute Gasteiger partial charge is 0.481 e. The van der Waals surface area contributed by atoms with Gasteiger partial charge in [-0.15, -0.1) is 0 Å². The van der Waals surface area contributed by atoms with Crippen LogP contribution in [0.1, 0.15) is 5.69 Å². The Morgan fingerprint density at radius 2 is 2.36 bits per heavy atom. The summed E-state index contributed by atoms with van der Waals surface area (Å²) in [6, 6.07) is 0. The fourth-order valence-electron chi connectivity index (χ4n) is 0.663. The molecule has 0 aliphatic rings. The van der Waals surface area contributed by atoms with Gasteiger partial charge in [0, 0.05) is 6.20 Å². The van der Waals surface area contributed by atoms with Crippen LogP contribution in [0, 0.1) is 0 Å². The number of carboxylic acid groups (broad SMARTS) is 1. The van der Waals surface area contributed by atoms with Crippen LogP contribution < -0.4 is 5.73 Å². The molecule has 0 aromatic carbocycles. The molecule has 0 saturated heterocycles. The lowest BCUT2D eigenvalue weighted by Crippen LogP contribution is -2.04. The van der Waals surface area contributed by atoms with Crippen molar-refractivity contribution in [2.45, 2.75) is 6.42 Å². The van der Waals surface area contributed by atoms with Crippen LogP contribution in [0.25, 0.3) is 0 Å². The van der Waals surface area contributed by atoms with Crippen LogP contribution in [0.15, 0.2) is 12.4 Å². The highest BCUT2D eigenvalue weighted by atomic mass is 16.4. The average Bonchev–Trinajstić information content (AvgIpc) is 1.85. The molecule has 0 saturated carbocycles. The molecule has 0 aliphatic heterocycles. The molecule has 58 valence electrons. The lowest BCUT2D eigenvalue weighted by Gasteiger charge is -1.95. The van der Waals surface area contributed by atoms with Crippen molar-refractivity contribution in [1.82, 2.24) is 9.97 Å². The van der Waals surface area contributed by atoms with Gasteiger partial charge in [-0.3, -0.25) is 9.78 Å². The number of hydrogen-bond donors (Lipinski definition) is 2. The van der Waals surface area contributed by atoms with Gasteiger partial charge in [0.15, 0.2) is 0 Å². The Bertz CT molecular complexity index is 274. The Kier molecular flexibility index (Phi) is 2.00. The molecule has 5 nitrogen and oxygen atoms in total. The topological polar surface area (TPSA) is 89.1 Å². The minimum Gasteiger partial charge on any atom is -0.481 e. The summed E-state index contributed by atoms with van der Waals surface area (Å²) in [7, 11) is 0. The standard InChI is InChI=1S/C6H7N3O2/c7-5-3-8-2-4(9-5)1-6(10)11/h2-3H,1H2,(H2,7,9)(H,10,11). The molecule has 0 bridgehead atoms. The van der Waals surface area contributed by atoms with Crippen LogP contribution in [0.4, 0.5) is 5.82 Å². The van der Waals surface area contributed by atoms with E-state index in [0.29, 0.717) is 5.69 Å². The molecular weight excluding hydrogens is 146 g/mol. The molecule has 0 spiro atoms. The van der Waals surface area contributed by atoms with Gasteiger partial charge >= 0.3 is 5.97 Å². The van der Waals surface area contributed by atoms with Gasteiger partial charge in [-0.1, -0.05) is 0 Å². The first-order valence-electron chi connectivity index (χ1n) is 2.96. The third-order valence-corrected chi connectivity index (χ3v) is 1.04. The fourth-order valence-corrected chi connectivity index (χ4v) is 0.663. The molecule has 0 fully saturated rings. The van der Waals surface area contributed by atoms with E-state index in [1.54, 1.807) is 0 Å². The number of hydrogen-bond acceptors (Lipinski definition) is 4. The number of nitrogens with two attached hydrogens (primary N) is 1. The van der Waals surface area contributed by atoms with Crippen LogP contribution >= 0.6 is 0 Å². The van der Waals surface area contributed by atoms with E-state index in [9.17, 15) is 4.79 Å². The van der Waals surface area contributed by atoms with Crippen molar-refractivity contribution in [3.63, 3.8) is 0 Å². The van der Waals surface area contributed by atoms with E-state index in [1.165, 1.54) is 12.4 Å². The summed E-state index contributed by atoms with van der Waals surface area (Å²) >= 11 is 0. The van der Waals surface area contributed by atoms with Gasteiger partial charge in [0.1, 0.15) is 5.82 Å². The molecule has 0 radical (unpaired) electrons. The highest BCUT2D eigenvalue weighted by molar-refractivity contribution is 5.69. The second-order valence-corrected chi connectivity index (χ2v) is 2.01.